The number of likely N-dealkylation sites (tertiary alicyclic amines) is 1. The van der Waals surface area contributed by atoms with Crippen LogP contribution in [0.15, 0.2) is 42.5 Å². The lowest BCUT2D eigenvalue weighted by molar-refractivity contribution is 0.237. The van der Waals surface area contributed by atoms with Gasteiger partial charge in [-0.1, -0.05) is 18.6 Å². The van der Waals surface area contributed by atoms with E-state index in [0.717, 1.165) is 25.2 Å². The van der Waals surface area contributed by atoms with Gasteiger partial charge in [0.25, 0.3) is 0 Å². The van der Waals surface area contributed by atoms with Crippen molar-refractivity contribution < 1.29 is 13.6 Å². The minimum atomic E-state index is -0.534. The molecule has 3 aromatic rings. The van der Waals surface area contributed by atoms with Gasteiger partial charge < -0.3 is 15.5 Å². The van der Waals surface area contributed by atoms with Crippen LogP contribution in [0.1, 0.15) is 30.4 Å². The number of anilines is 3. The van der Waals surface area contributed by atoms with Crippen molar-refractivity contribution in [3.8, 4) is 11.3 Å². The fourth-order valence-corrected chi connectivity index (χ4v) is 4.72. The molecule has 7 nitrogen and oxygen atoms in total. The van der Waals surface area contributed by atoms with Crippen LogP contribution < -0.4 is 15.5 Å². The second-order valence-corrected chi connectivity index (χ2v) is 8.93. The standard InChI is InChI=1S/C26H28F2N6O/c1-17-15-18(27)9-10-19(17)23-20-16-30-26(35)34(22-8-4-3-7-21(22)28)24(20)32-25(31-23)29-11-14-33-12-5-2-6-13-33/h3-4,7-10,15H,2,5-6,11-14,16H2,1H3,(H,30,35)(H,29,31,32). The molecule has 5 rings (SSSR count). The first-order valence-corrected chi connectivity index (χ1v) is 12.0. The lowest BCUT2D eigenvalue weighted by atomic mass is 10.00. The Morgan fingerprint density at radius 2 is 1.86 bits per heavy atom. The number of carbonyl (C=O) groups is 1. The Morgan fingerprint density at radius 1 is 1.06 bits per heavy atom. The summed E-state index contributed by atoms with van der Waals surface area (Å²) in [5, 5.41) is 6.09. The normalized spacial score (nSPS) is 16.1. The zero-order valence-corrected chi connectivity index (χ0v) is 19.7. The summed E-state index contributed by atoms with van der Waals surface area (Å²) in [5.74, 6) is -0.216. The first-order valence-electron chi connectivity index (χ1n) is 12.0. The molecule has 0 aliphatic carbocycles. The van der Waals surface area contributed by atoms with Crippen LogP contribution in [0.5, 0.6) is 0 Å². The van der Waals surface area contributed by atoms with E-state index in [2.05, 4.69) is 20.5 Å². The van der Waals surface area contributed by atoms with Crippen molar-refractivity contribution in [3.63, 3.8) is 0 Å². The Kier molecular flexibility index (Phi) is 6.59. The number of nitrogens with one attached hydrogen (secondary N) is 2. The summed E-state index contributed by atoms with van der Waals surface area (Å²) in [7, 11) is 0. The third-order valence-corrected chi connectivity index (χ3v) is 6.51. The average Bonchev–Trinajstić information content (AvgIpc) is 2.85. The fraction of sp³-hybridized carbons (Fsp3) is 0.346. The lowest BCUT2D eigenvalue weighted by Crippen LogP contribution is -2.42. The van der Waals surface area contributed by atoms with Crippen molar-refractivity contribution in [2.45, 2.75) is 32.7 Å². The van der Waals surface area contributed by atoms with E-state index >= 15 is 0 Å². The summed E-state index contributed by atoms with van der Waals surface area (Å²) in [5.41, 5.74) is 2.76. The smallest absolute Gasteiger partial charge is 0.328 e. The van der Waals surface area contributed by atoms with Crippen molar-refractivity contribution in [2.75, 3.05) is 36.4 Å². The van der Waals surface area contributed by atoms with E-state index in [4.69, 9.17) is 4.98 Å². The Morgan fingerprint density at radius 3 is 2.63 bits per heavy atom. The summed E-state index contributed by atoms with van der Waals surface area (Å²) < 4.78 is 28.6. The van der Waals surface area contributed by atoms with E-state index in [0.29, 0.717) is 35.1 Å². The highest BCUT2D eigenvalue weighted by molar-refractivity contribution is 6.02. The summed E-state index contributed by atoms with van der Waals surface area (Å²) in [6.07, 6.45) is 3.68. The number of aryl methyl sites for hydroxylation is 1. The second-order valence-electron chi connectivity index (χ2n) is 8.93. The highest BCUT2D eigenvalue weighted by atomic mass is 19.1. The van der Waals surface area contributed by atoms with Gasteiger partial charge in [0, 0.05) is 24.2 Å². The minimum Gasteiger partial charge on any atom is -0.353 e. The molecule has 35 heavy (non-hydrogen) atoms. The number of fused-ring (bicyclic) bond motifs is 1. The van der Waals surface area contributed by atoms with Crippen molar-refractivity contribution >= 4 is 23.5 Å². The van der Waals surface area contributed by atoms with E-state index in [9.17, 15) is 13.6 Å². The van der Waals surface area contributed by atoms with Gasteiger partial charge in [-0.2, -0.15) is 4.98 Å². The maximum absolute atomic E-state index is 14.8. The quantitative estimate of drug-likeness (QED) is 0.522. The van der Waals surface area contributed by atoms with Gasteiger partial charge in [-0.25, -0.2) is 23.5 Å². The van der Waals surface area contributed by atoms with Crippen LogP contribution in [0, 0.1) is 18.6 Å². The second kappa shape index (κ2) is 9.95. The first-order chi connectivity index (χ1) is 17.0. The van der Waals surface area contributed by atoms with Gasteiger partial charge in [-0.05, 0) is 68.8 Å². The van der Waals surface area contributed by atoms with Crippen LogP contribution in [0.3, 0.4) is 0 Å². The van der Waals surface area contributed by atoms with Gasteiger partial charge >= 0.3 is 6.03 Å². The summed E-state index contributed by atoms with van der Waals surface area (Å²) in [6.45, 7) is 5.63. The number of carbonyl (C=O) groups excluding carboxylic acids is 1. The zero-order chi connectivity index (χ0) is 24.4. The SMILES string of the molecule is Cc1cc(F)ccc1-c1nc(NCCN2CCCCC2)nc2c1CNC(=O)N2c1ccccc1F. The highest BCUT2D eigenvalue weighted by Gasteiger charge is 2.32. The van der Waals surface area contributed by atoms with E-state index in [1.54, 1.807) is 24.3 Å². The molecule has 0 bridgehead atoms. The molecule has 0 spiro atoms. The third kappa shape index (κ3) is 4.81. The van der Waals surface area contributed by atoms with Crippen LogP contribution in [0.25, 0.3) is 11.3 Å². The number of rotatable bonds is 6. The molecular formula is C26H28F2N6O. The van der Waals surface area contributed by atoms with E-state index in [-0.39, 0.29) is 18.0 Å². The maximum Gasteiger partial charge on any atom is 0.328 e. The fourth-order valence-electron chi connectivity index (χ4n) is 4.72. The van der Waals surface area contributed by atoms with Crippen LogP contribution >= 0.6 is 0 Å². The number of urea groups is 1. The number of aromatic nitrogens is 2. The molecule has 0 radical (unpaired) electrons. The highest BCUT2D eigenvalue weighted by Crippen LogP contribution is 2.38. The number of benzene rings is 2. The Bertz CT molecular complexity index is 1240. The molecule has 2 aromatic carbocycles. The van der Waals surface area contributed by atoms with Gasteiger partial charge in [0.15, 0.2) is 5.82 Å². The molecule has 1 fully saturated rings. The molecule has 0 unspecified atom stereocenters. The zero-order valence-electron chi connectivity index (χ0n) is 19.7. The third-order valence-electron chi connectivity index (χ3n) is 6.51. The molecule has 2 aliphatic heterocycles. The minimum absolute atomic E-state index is 0.102. The molecular weight excluding hydrogens is 450 g/mol. The van der Waals surface area contributed by atoms with Gasteiger partial charge in [0.1, 0.15) is 11.6 Å². The Labute approximate surface area is 203 Å². The Balaban J connectivity index is 1.57. The number of para-hydroxylation sites is 1. The van der Waals surface area contributed by atoms with E-state index in [1.165, 1.54) is 42.4 Å². The average molecular weight is 479 g/mol. The molecule has 182 valence electrons. The summed E-state index contributed by atoms with van der Waals surface area (Å²) in [4.78, 5) is 26.0. The maximum atomic E-state index is 14.8. The molecule has 1 aromatic heterocycles. The van der Waals surface area contributed by atoms with Gasteiger partial charge in [-0.15, -0.1) is 0 Å². The van der Waals surface area contributed by atoms with Crippen molar-refractivity contribution in [1.82, 2.24) is 20.2 Å². The molecule has 2 N–H and O–H groups in total. The van der Waals surface area contributed by atoms with Crippen LogP contribution in [0.4, 0.5) is 31.0 Å². The van der Waals surface area contributed by atoms with E-state index in [1.807, 2.05) is 6.92 Å². The van der Waals surface area contributed by atoms with Gasteiger partial charge in [0.2, 0.25) is 5.95 Å². The number of hydrogen-bond donors (Lipinski definition) is 2. The number of hydrogen-bond acceptors (Lipinski definition) is 5. The molecule has 0 saturated carbocycles. The Hall–Kier alpha value is -3.59. The van der Waals surface area contributed by atoms with E-state index < -0.39 is 11.8 Å². The molecule has 3 heterocycles. The van der Waals surface area contributed by atoms with Gasteiger partial charge in [-0.3, -0.25) is 0 Å². The van der Waals surface area contributed by atoms with Crippen molar-refractivity contribution in [3.05, 3.63) is 65.2 Å². The topological polar surface area (TPSA) is 73.4 Å². The largest absolute Gasteiger partial charge is 0.353 e. The van der Waals surface area contributed by atoms with Gasteiger partial charge in [0.05, 0.1) is 17.9 Å². The van der Waals surface area contributed by atoms with Crippen LogP contribution in [0.2, 0.25) is 0 Å². The first kappa shape index (κ1) is 23.2. The predicted octanol–water partition coefficient (Wildman–Crippen LogP) is 4.99. The van der Waals surface area contributed by atoms with Crippen LogP contribution in [-0.2, 0) is 6.54 Å². The summed E-state index contributed by atoms with van der Waals surface area (Å²) in [6, 6.07) is 10.1. The molecule has 2 aliphatic rings. The molecule has 9 heteroatoms. The number of amides is 2. The van der Waals surface area contributed by atoms with Crippen LogP contribution in [-0.4, -0.2) is 47.1 Å². The monoisotopic (exact) mass is 478 g/mol. The van der Waals surface area contributed by atoms with Crippen molar-refractivity contribution in [1.29, 1.82) is 0 Å². The molecule has 1 saturated heterocycles. The molecule has 2 amide bonds. The number of nitrogens with zero attached hydrogens (tertiary/aromatic N) is 4. The number of halogens is 2. The lowest BCUT2D eigenvalue weighted by Gasteiger charge is -2.31. The van der Waals surface area contributed by atoms with Crippen molar-refractivity contribution in [2.24, 2.45) is 0 Å². The molecule has 0 atom stereocenters. The number of piperidine rings is 1. The predicted molar refractivity (Wildman–Crippen MR) is 132 cm³/mol. The summed E-state index contributed by atoms with van der Waals surface area (Å²) >= 11 is 0.